The SMILES string of the molecule is CCCCCCCCCCCCCCCC(=O)NC(CO)(CO)COCC(=O)O. The van der Waals surface area contributed by atoms with Crippen LogP contribution in [0.5, 0.6) is 0 Å². The Morgan fingerprint density at radius 2 is 1.24 bits per heavy atom. The summed E-state index contributed by atoms with van der Waals surface area (Å²) in [5.74, 6) is -1.41. The zero-order valence-corrected chi connectivity index (χ0v) is 18.3. The van der Waals surface area contributed by atoms with Gasteiger partial charge in [0.1, 0.15) is 12.1 Å². The molecule has 1 amide bonds. The Hall–Kier alpha value is -1.18. The largest absolute Gasteiger partial charge is 0.480 e. The topological polar surface area (TPSA) is 116 Å². The van der Waals surface area contributed by atoms with Crippen LogP contribution in [0.1, 0.15) is 96.8 Å². The molecule has 0 radical (unpaired) electrons. The fourth-order valence-corrected chi connectivity index (χ4v) is 3.25. The molecule has 0 saturated carbocycles. The van der Waals surface area contributed by atoms with E-state index in [9.17, 15) is 19.8 Å². The highest BCUT2D eigenvalue weighted by atomic mass is 16.5. The lowest BCUT2D eigenvalue weighted by Crippen LogP contribution is -2.57. The van der Waals surface area contributed by atoms with E-state index in [1.54, 1.807) is 0 Å². The van der Waals surface area contributed by atoms with Crippen LogP contribution in [0.3, 0.4) is 0 Å². The van der Waals surface area contributed by atoms with E-state index in [4.69, 9.17) is 9.84 Å². The monoisotopic (exact) mass is 417 g/mol. The van der Waals surface area contributed by atoms with Crippen LogP contribution in [0.25, 0.3) is 0 Å². The maximum absolute atomic E-state index is 12.1. The van der Waals surface area contributed by atoms with Gasteiger partial charge in [0.05, 0.1) is 19.8 Å². The van der Waals surface area contributed by atoms with Gasteiger partial charge in [0.25, 0.3) is 0 Å². The number of amides is 1. The predicted molar refractivity (Wildman–Crippen MR) is 114 cm³/mol. The molecule has 0 fully saturated rings. The molecule has 29 heavy (non-hydrogen) atoms. The van der Waals surface area contributed by atoms with Gasteiger partial charge in [-0.2, -0.15) is 0 Å². The Morgan fingerprint density at radius 3 is 1.66 bits per heavy atom. The molecule has 0 saturated heterocycles. The van der Waals surface area contributed by atoms with E-state index in [0.29, 0.717) is 6.42 Å². The van der Waals surface area contributed by atoms with E-state index in [2.05, 4.69) is 12.2 Å². The number of hydrogen-bond donors (Lipinski definition) is 4. The zero-order valence-electron chi connectivity index (χ0n) is 18.3. The van der Waals surface area contributed by atoms with Gasteiger partial charge in [0.2, 0.25) is 5.91 Å². The molecule has 0 aromatic carbocycles. The minimum Gasteiger partial charge on any atom is -0.480 e. The van der Waals surface area contributed by atoms with Gasteiger partial charge in [-0.25, -0.2) is 4.79 Å². The third-order valence-corrected chi connectivity index (χ3v) is 5.12. The Kier molecular flexibility index (Phi) is 18.1. The van der Waals surface area contributed by atoms with Crippen molar-refractivity contribution in [3.63, 3.8) is 0 Å². The second-order valence-corrected chi connectivity index (χ2v) is 8.02. The fourth-order valence-electron chi connectivity index (χ4n) is 3.25. The molecule has 0 aromatic rings. The highest BCUT2D eigenvalue weighted by Crippen LogP contribution is 2.13. The third-order valence-electron chi connectivity index (χ3n) is 5.12. The van der Waals surface area contributed by atoms with Gasteiger partial charge in [0, 0.05) is 6.42 Å². The molecule has 0 aliphatic carbocycles. The summed E-state index contributed by atoms with van der Waals surface area (Å²) < 4.78 is 4.93. The van der Waals surface area contributed by atoms with Crippen LogP contribution in [0.4, 0.5) is 0 Å². The molecule has 0 atom stereocenters. The number of carboxylic acid groups (broad SMARTS) is 1. The number of hydrogen-bond acceptors (Lipinski definition) is 5. The summed E-state index contributed by atoms with van der Waals surface area (Å²) in [6, 6.07) is 0. The van der Waals surface area contributed by atoms with Gasteiger partial charge in [-0.1, -0.05) is 84.0 Å². The van der Waals surface area contributed by atoms with Gasteiger partial charge >= 0.3 is 5.97 Å². The van der Waals surface area contributed by atoms with Crippen molar-refractivity contribution in [2.75, 3.05) is 26.4 Å². The highest BCUT2D eigenvalue weighted by molar-refractivity contribution is 5.76. The number of aliphatic hydroxyl groups is 2. The molecular weight excluding hydrogens is 374 g/mol. The predicted octanol–water partition coefficient (Wildman–Crippen LogP) is 3.41. The smallest absolute Gasteiger partial charge is 0.329 e. The van der Waals surface area contributed by atoms with Crippen molar-refractivity contribution in [1.29, 1.82) is 0 Å². The third kappa shape index (κ3) is 16.3. The van der Waals surface area contributed by atoms with Gasteiger partial charge < -0.3 is 25.4 Å². The number of unbranched alkanes of at least 4 members (excludes halogenated alkanes) is 12. The van der Waals surface area contributed by atoms with Gasteiger partial charge in [-0.15, -0.1) is 0 Å². The second kappa shape index (κ2) is 18.8. The van der Waals surface area contributed by atoms with Crippen LogP contribution in [0.15, 0.2) is 0 Å². The second-order valence-electron chi connectivity index (χ2n) is 8.02. The quantitative estimate of drug-likeness (QED) is 0.213. The number of aliphatic hydroxyl groups excluding tert-OH is 2. The van der Waals surface area contributed by atoms with E-state index in [0.717, 1.165) is 19.3 Å². The van der Waals surface area contributed by atoms with Crippen molar-refractivity contribution in [3.8, 4) is 0 Å². The lowest BCUT2D eigenvalue weighted by atomic mass is 10.0. The lowest BCUT2D eigenvalue weighted by molar-refractivity contribution is -0.144. The maximum atomic E-state index is 12.1. The fraction of sp³-hybridized carbons (Fsp3) is 0.909. The van der Waals surface area contributed by atoms with Crippen LogP contribution in [-0.2, 0) is 14.3 Å². The first-order valence-corrected chi connectivity index (χ1v) is 11.3. The normalized spacial score (nSPS) is 11.6. The number of nitrogens with one attached hydrogen (secondary N) is 1. The number of carbonyl (C=O) groups excluding carboxylic acids is 1. The first-order valence-electron chi connectivity index (χ1n) is 11.3. The molecule has 0 aromatic heterocycles. The molecule has 0 unspecified atom stereocenters. The summed E-state index contributed by atoms with van der Waals surface area (Å²) in [7, 11) is 0. The van der Waals surface area contributed by atoms with Crippen molar-refractivity contribution in [1.82, 2.24) is 5.32 Å². The minimum absolute atomic E-state index is 0.253. The van der Waals surface area contributed by atoms with E-state index in [1.165, 1.54) is 64.2 Å². The summed E-state index contributed by atoms with van der Waals surface area (Å²) >= 11 is 0. The molecule has 0 rings (SSSR count). The van der Waals surface area contributed by atoms with Crippen molar-refractivity contribution in [2.24, 2.45) is 0 Å². The molecule has 0 bridgehead atoms. The van der Waals surface area contributed by atoms with E-state index < -0.39 is 31.3 Å². The van der Waals surface area contributed by atoms with Crippen molar-refractivity contribution in [2.45, 2.75) is 102 Å². The molecule has 0 spiro atoms. The van der Waals surface area contributed by atoms with Gasteiger partial charge in [0.15, 0.2) is 0 Å². The van der Waals surface area contributed by atoms with E-state index in [-0.39, 0.29) is 12.5 Å². The average Bonchev–Trinajstić information content (AvgIpc) is 2.70. The molecule has 0 aliphatic rings. The maximum Gasteiger partial charge on any atom is 0.329 e. The molecule has 7 nitrogen and oxygen atoms in total. The van der Waals surface area contributed by atoms with Gasteiger partial charge in [-0.3, -0.25) is 4.79 Å². The number of carboxylic acids is 1. The summed E-state index contributed by atoms with van der Waals surface area (Å²) in [5.41, 5.74) is -1.34. The standard InChI is InChI=1S/C22H43NO6/c1-2-3-4-5-6-7-8-9-10-11-12-13-14-15-20(26)23-22(17-24,18-25)19-29-16-21(27)28/h24-25H,2-19H2,1H3,(H,23,26)(H,27,28). The number of aliphatic carboxylic acids is 1. The van der Waals surface area contributed by atoms with Crippen LogP contribution in [-0.4, -0.2) is 59.2 Å². The molecule has 172 valence electrons. The number of ether oxygens (including phenoxy) is 1. The summed E-state index contributed by atoms with van der Waals surface area (Å²) in [5, 5.41) is 30.1. The molecule has 0 aliphatic heterocycles. The van der Waals surface area contributed by atoms with E-state index in [1.807, 2.05) is 0 Å². The van der Waals surface area contributed by atoms with Crippen molar-refractivity contribution < 1.29 is 29.6 Å². The summed E-state index contributed by atoms with van der Waals surface area (Å²) in [6.45, 7) is 0.401. The number of rotatable bonds is 21. The Morgan fingerprint density at radius 1 is 0.793 bits per heavy atom. The Labute approximate surface area is 176 Å². The van der Waals surface area contributed by atoms with Crippen molar-refractivity contribution >= 4 is 11.9 Å². The van der Waals surface area contributed by atoms with Crippen LogP contribution < -0.4 is 5.32 Å². The Bertz CT molecular complexity index is 412. The lowest BCUT2D eigenvalue weighted by Gasteiger charge is -2.30. The summed E-state index contributed by atoms with van der Waals surface area (Å²) in [4.78, 5) is 22.6. The molecular formula is C22H43NO6. The zero-order chi connectivity index (χ0) is 21.8. The first kappa shape index (κ1) is 27.8. The molecule has 7 heteroatoms. The molecule has 4 N–H and O–H groups in total. The average molecular weight is 418 g/mol. The summed E-state index contributed by atoms with van der Waals surface area (Å²) in [6.07, 6.45) is 16.3. The van der Waals surface area contributed by atoms with Crippen molar-refractivity contribution in [3.05, 3.63) is 0 Å². The molecule has 0 heterocycles. The number of carbonyl (C=O) groups is 2. The van der Waals surface area contributed by atoms with Crippen LogP contribution in [0, 0.1) is 0 Å². The van der Waals surface area contributed by atoms with Crippen LogP contribution >= 0.6 is 0 Å². The Balaban J connectivity index is 3.70. The minimum atomic E-state index is -1.34. The van der Waals surface area contributed by atoms with E-state index >= 15 is 0 Å². The van der Waals surface area contributed by atoms with Crippen LogP contribution in [0.2, 0.25) is 0 Å². The van der Waals surface area contributed by atoms with Gasteiger partial charge in [-0.05, 0) is 6.42 Å². The first-order chi connectivity index (χ1) is 14.0. The highest BCUT2D eigenvalue weighted by Gasteiger charge is 2.31.